The molecule has 0 amide bonds. The van der Waals surface area contributed by atoms with Gasteiger partial charge in [0.2, 0.25) is 0 Å². The van der Waals surface area contributed by atoms with Gasteiger partial charge in [-0.05, 0) is 12.8 Å². The first-order valence-corrected chi connectivity index (χ1v) is 9.03. The van der Waals surface area contributed by atoms with E-state index in [0.717, 1.165) is 19.3 Å². The third-order valence-electron chi connectivity index (χ3n) is 3.56. The molecule has 4 nitrogen and oxygen atoms in total. The van der Waals surface area contributed by atoms with Crippen molar-refractivity contribution in [3.05, 3.63) is 0 Å². The van der Waals surface area contributed by atoms with E-state index in [1.807, 2.05) is 0 Å². The van der Waals surface area contributed by atoms with Crippen LogP contribution < -0.4 is 51.4 Å². The van der Waals surface area contributed by atoms with Crippen LogP contribution in [0.4, 0.5) is 0 Å². The summed E-state index contributed by atoms with van der Waals surface area (Å²) in [6, 6.07) is 0. The molecule has 0 aliphatic rings. The average Bonchev–Trinajstić information content (AvgIpc) is 2.31. The molecule has 0 spiro atoms. The molecule has 0 bridgehead atoms. The van der Waals surface area contributed by atoms with Gasteiger partial charge in [-0.25, -0.2) is 8.42 Å². The summed E-state index contributed by atoms with van der Waals surface area (Å²) in [5, 5.41) is 8.60. The second kappa shape index (κ2) is 14.1. The van der Waals surface area contributed by atoms with Crippen molar-refractivity contribution in [2.75, 3.05) is 0 Å². The maximum absolute atomic E-state index is 10.9. The summed E-state index contributed by atoms with van der Waals surface area (Å²) in [7, 11) is -4.37. The number of unbranched alkanes of at least 4 members (excludes halogenated alkanes) is 7. The maximum Gasteiger partial charge on any atom is 1.00 e. The third kappa shape index (κ3) is 12.1. The zero-order valence-electron chi connectivity index (χ0n) is 13.3. The molecular weight excluding hydrogens is 303 g/mol. The van der Waals surface area contributed by atoms with Gasteiger partial charge in [0.25, 0.3) is 0 Å². The second-order valence-electron chi connectivity index (χ2n) is 5.27. The molecule has 20 heavy (non-hydrogen) atoms. The molecule has 6 heteroatoms. The van der Waals surface area contributed by atoms with Crippen molar-refractivity contribution >= 4 is 10.1 Å². The first-order valence-electron chi connectivity index (χ1n) is 7.56. The van der Waals surface area contributed by atoms with Gasteiger partial charge in [0, 0.05) is 0 Å². The van der Waals surface area contributed by atoms with Crippen LogP contribution in [0.2, 0.25) is 0 Å². The van der Waals surface area contributed by atoms with Gasteiger partial charge in [-0.3, -0.25) is 0 Å². The molecule has 0 aromatic carbocycles. The SMILES string of the molecule is CCCCCCCCCCC(O)C(CC)S(=O)(=O)[O-].[K+]. The Morgan fingerprint density at radius 2 is 1.40 bits per heavy atom. The molecule has 1 N–H and O–H groups in total. The van der Waals surface area contributed by atoms with Gasteiger partial charge < -0.3 is 9.66 Å². The Labute approximate surface area is 167 Å². The van der Waals surface area contributed by atoms with E-state index in [-0.39, 0.29) is 57.8 Å². The minimum atomic E-state index is -4.37. The number of aliphatic hydroxyl groups is 1. The van der Waals surface area contributed by atoms with E-state index in [1.54, 1.807) is 6.92 Å². The summed E-state index contributed by atoms with van der Waals surface area (Å²) in [6.45, 7) is 3.81. The zero-order valence-corrected chi connectivity index (χ0v) is 17.2. The van der Waals surface area contributed by atoms with Crippen molar-refractivity contribution in [3.8, 4) is 0 Å². The molecule has 0 heterocycles. The monoisotopic (exact) mass is 332 g/mol. The largest absolute Gasteiger partial charge is 1.00 e. The predicted octanol–water partition coefficient (Wildman–Crippen LogP) is 0.206. The molecule has 2 unspecified atom stereocenters. The molecule has 0 saturated carbocycles. The Bertz CT molecular complexity index is 306. The number of hydrogen-bond acceptors (Lipinski definition) is 4. The van der Waals surface area contributed by atoms with Gasteiger partial charge in [-0.1, -0.05) is 65.2 Å². The summed E-state index contributed by atoms with van der Waals surface area (Å²) < 4.78 is 32.8. The first kappa shape index (κ1) is 23.8. The van der Waals surface area contributed by atoms with E-state index in [1.165, 1.54) is 32.1 Å². The molecule has 0 rings (SSSR count). The summed E-state index contributed by atoms with van der Waals surface area (Å²) >= 11 is 0. The van der Waals surface area contributed by atoms with Crippen molar-refractivity contribution in [2.24, 2.45) is 0 Å². The third-order valence-corrected chi connectivity index (χ3v) is 4.94. The Morgan fingerprint density at radius 1 is 0.950 bits per heavy atom. The minimum Gasteiger partial charge on any atom is -0.748 e. The van der Waals surface area contributed by atoms with Crippen molar-refractivity contribution < 1.29 is 69.5 Å². The van der Waals surface area contributed by atoms with Crippen molar-refractivity contribution in [2.45, 2.75) is 89.4 Å². The minimum absolute atomic E-state index is 0. The number of hydrogen-bond donors (Lipinski definition) is 1. The van der Waals surface area contributed by atoms with Crippen LogP contribution in [0.1, 0.15) is 78.1 Å². The van der Waals surface area contributed by atoms with Gasteiger partial charge >= 0.3 is 51.4 Å². The Balaban J connectivity index is 0. The Morgan fingerprint density at radius 3 is 1.80 bits per heavy atom. The molecular formula is C14H29KO4S. The molecule has 116 valence electrons. The van der Waals surface area contributed by atoms with Crippen LogP contribution in [0.3, 0.4) is 0 Å². The van der Waals surface area contributed by atoms with Gasteiger partial charge in [0.05, 0.1) is 11.4 Å². The topological polar surface area (TPSA) is 77.4 Å². The van der Waals surface area contributed by atoms with Crippen LogP contribution >= 0.6 is 0 Å². The molecule has 2 atom stereocenters. The van der Waals surface area contributed by atoms with E-state index in [2.05, 4.69) is 6.92 Å². The quantitative estimate of drug-likeness (QED) is 0.315. The van der Waals surface area contributed by atoms with Crippen molar-refractivity contribution in [3.63, 3.8) is 0 Å². The predicted molar refractivity (Wildman–Crippen MR) is 77.0 cm³/mol. The van der Waals surface area contributed by atoms with Gasteiger partial charge in [0.15, 0.2) is 0 Å². The van der Waals surface area contributed by atoms with Crippen LogP contribution in [0.25, 0.3) is 0 Å². The fourth-order valence-corrected chi connectivity index (χ4v) is 3.27. The molecule has 0 aromatic rings. The van der Waals surface area contributed by atoms with E-state index in [0.29, 0.717) is 6.42 Å². The average molecular weight is 333 g/mol. The molecule has 0 saturated heterocycles. The summed E-state index contributed by atoms with van der Waals surface area (Å²) in [4.78, 5) is 0. The fraction of sp³-hybridized carbons (Fsp3) is 1.00. The second-order valence-corrected chi connectivity index (χ2v) is 6.86. The molecule has 0 fully saturated rings. The molecule has 0 aliphatic heterocycles. The summed E-state index contributed by atoms with van der Waals surface area (Å²) in [5.41, 5.74) is 0. The summed E-state index contributed by atoms with van der Waals surface area (Å²) in [6.07, 6.45) is 8.77. The Hall–Kier alpha value is 1.51. The van der Waals surface area contributed by atoms with E-state index >= 15 is 0 Å². The van der Waals surface area contributed by atoms with E-state index in [4.69, 9.17) is 0 Å². The van der Waals surface area contributed by atoms with Gasteiger partial charge in [-0.2, -0.15) is 0 Å². The molecule has 0 aromatic heterocycles. The number of aliphatic hydroxyl groups excluding tert-OH is 1. The van der Waals surface area contributed by atoms with E-state index < -0.39 is 21.5 Å². The van der Waals surface area contributed by atoms with Gasteiger partial charge in [0.1, 0.15) is 10.1 Å². The van der Waals surface area contributed by atoms with Crippen LogP contribution in [-0.4, -0.2) is 29.4 Å². The van der Waals surface area contributed by atoms with Crippen molar-refractivity contribution in [1.29, 1.82) is 0 Å². The van der Waals surface area contributed by atoms with Crippen LogP contribution in [0.5, 0.6) is 0 Å². The van der Waals surface area contributed by atoms with E-state index in [9.17, 15) is 18.1 Å². The Kier molecular flexibility index (Phi) is 16.8. The zero-order chi connectivity index (χ0) is 14.7. The molecule has 0 radical (unpaired) electrons. The standard InChI is InChI=1S/C14H30O4S.K/c1-3-5-6-7-8-9-10-11-12-13(15)14(4-2)19(16,17)18;/h13-15H,3-12H2,1-2H3,(H,16,17,18);/q;+1/p-1. The first-order chi connectivity index (χ1) is 8.93. The summed E-state index contributed by atoms with van der Waals surface area (Å²) in [5.74, 6) is 0. The molecule has 0 aliphatic carbocycles. The normalized spacial score (nSPS) is 14.6. The van der Waals surface area contributed by atoms with Crippen LogP contribution in [0, 0.1) is 0 Å². The van der Waals surface area contributed by atoms with Crippen LogP contribution in [0.15, 0.2) is 0 Å². The maximum atomic E-state index is 10.9. The smallest absolute Gasteiger partial charge is 0.748 e. The van der Waals surface area contributed by atoms with Crippen LogP contribution in [-0.2, 0) is 10.1 Å². The van der Waals surface area contributed by atoms with Gasteiger partial charge in [-0.15, -0.1) is 0 Å². The fourth-order valence-electron chi connectivity index (χ4n) is 2.34. The number of rotatable bonds is 12. The van der Waals surface area contributed by atoms with Crippen molar-refractivity contribution in [1.82, 2.24) is 0 Å².